The molecule has 0 saturated carbocycles. The van der Waals surface area contributed by atoms with E-state index in [1.165, 1.54) is 0 Å². The largest absolute Gasteiger partial charge is 0.344 e. The van der Waals surface area contributed by atoms with Gasteiger partial charge in [-0.1, -0.05) is 0 Å². The van der Waals surface area contributed by atoms with Gasteiger partial charge in [0.25, 0.3) is 0 Å². The number of likely N-dealkylation sites (N-methyl/N-ethyl adjacent to an activating group) is 1. The second-order valence-corrected chi connectivity index (χ2v) is 5.09. The summed E-state index contributed by atoms with van der Waals surface area (Å²) in [7, 11) is 4.10. The third kappa shape index (κ3) is 3.11. The van der Waals surface area contributed by atoms with E-state index in [0.29, 0.717) is 6.04 Å². The van der Waals surface area contributed by atoms with Gasteiger partial charge in [0.2, 0.25) is 0 Å². The first-order valence-electron chi connectivity index (χ1n) is 5.80. The predicted molar refractivity (Wildman–Crippen MR) is 72.2 cm³/mol. The smallest absolute Gasteiger partial charge is 0.179 e. The van der Waals surface area contributed by atoms with Gasteiger partial charge in [-0.3, -0.25) is 4.79 Å². The van der Waals surface area contributed by atoms with E-state index in [-0.39, 0.29) is 11.7 Å². The number of hydrogen-bond donors (Lipinski definition) is 0. The highest BCUT2D eigenvalue weighted by molar-refractivity contribution is 6.30. The van der Waals surface area contributed by atoms with Crippen LogP contribution < -0.4 is 0 Å². The van der Waals surface area contributed by atoms with Gasteiger partial charge >= 0.3 is 0 Å². The van der Waals surface area contributed by atoms with E-state index in [0.717, 1.165) is 23.5 Å². The summed E-state index contributed by atoms with van der Waals surface area (Å²) in [4.78, 5) is 13.8. The van der Waals surface area contributed by atoms with Crippen molar-refractivity contribution < 1.29 is 4.79 Å². The van der Waals surface area contributed by atoms with Crippen molar-refractivity contribution >= 4 is 17.4 Å². The fourth-order valence-electron chi connectivity index (χ4n) is 2.42. The summed E-state index contributed by atoms with van der Waals surface area (Å²) >= 11 is 5.62. The van der Waals surface area contributed by atoms with Crippen molar-refractivity contribution in [2.45, 2.75) is 26.8 Å². The van der Waals surface area contributed by atoms with E-state index in [2.05, 4.69) is 30.5 Å². The summed E-state index contributed by atoms with van der Waals surface area (Å²) in [6, 6.07) is 2.29. The Hall–Kier alpha value is -0.800. The molecule has 0 bridgehead atoms. The van der Waals surface area contributed by atoms with Gasteiger partial charge in [0, 0.05) is 29.5 Å². The minimum atomic E-state index is 0.00284. The Kier molecular flexibility index (Phi) is 4.78. The van der Waals surface area contributed by atoms with Crippen molar-refractivity contribution in [2.24, 2.45) is 0 Å². The van der Waals surface area contributed by atoms with Gasteiger partial charge in [-0.05, 0) is 40.9 Å². The second-order valence-electron chi connectivity index (χ2n) is 4.82. The molecule has 0 aliphatic rings. The summed E-state index contributed by atoms with van der Waals surface area (Å²) in [5, 5.41) is 0. The summed E-state index contributed by atoms with van der Waals surface area (Å²) in [6.45, 7) is 7.13. The third-order valence-corrected chi connectivity index (χ3v) is 3.22. The van der Waals surface area contributed by atoms with Crippen molar-refractivity contribution in [3.05, 3.63) is 23.0 Å². The van der Waals surface area contributed by atoms with Crippen molar-refractivity contribution in [3.63, 3.8) is 0 Å². The normalized spacial score (nSPS) is 13.1. The van der Waals surface area contributed by atoms with Crippen LogP contribution in [0.5, 0.6) is 0 Å². The summed E-state index contributed by atoms with van der Waals surface area (Å²) in [5.74, 6) is 0.0508. The minimum Gasteiger partial charge on any atom is -0.344 e. The van der Waals surface area contributed by atoms with Crippen LogP contribution >= 0.6 is 11.6 Å². The molecule has 0 fully saturated rings. The molecule has 0 aromatic carbocycles. The molecule has 0 aliphatic carbocycles. The summed E-state index contributed by atoms with van der Waals surface area (Å²) in [5.41, 5.74) is 2.89. The number of hydrogen-bond acceptors (Lipinski definition) is 2. The molecule has 0 spiro atoms. The van der Waals surface area contributed by atoms with Crippen molar-refractivity contribution in [1.29, 1.82) is 0 Å². The standard InChI is InChI=1S/C13H21ClN2O/c1-9-6-12(13(17)7-14)11(3)16(9)10(2)8-15(4)5/h6,10H,7-8H2,1-5H3. The fraction of sp³-hybridized carbons (Fsp3) is 0.615. The van der Waals surface area contributed by atoms with Crippen LogP contribution in [0.1, 0.15) is 34.7 Å². The molecule has 96 valence electrons. The Labute approximate surface area is 108 Å². The molecule has 1 aromatic heterocycles. The number of ketones is 1. The van der Waals surface area contributed by atoms with Gasteiger partial charge in [-0.2, -0.15) is 0 Å². The first-order valence-corrected chi connectivity index (χ1v) is 6.34. The topological polar surface area (TPSA) is 25.2 Å². The number of Topliss-reactive ketones (excluding diaryl/α,β-unsaturated/α-hetero) is 1. The summed E-state index contributed by atoms with van der Waals surface area (Å²) < 4.78 is 2.21. The molecule has 17 heavy (non-hydrogen) atoms. The van der Waals surface area contributed by atoms with E-state index in [4.69, 9.17) is 11.6 Å². The number of rotatable bonds is 5. The molecule has 0 amide bonds. The average Bonchev–Trinajstić information content (AvgIpc) is 2.52. The molecule has 4 heteroatoms. The number of aromatic nitrogens is 1. The van der Waals surface area contributed by atoms with Crippen LogP contribution in [0.4, 0.5) is 0 Å². The highest BCUT2D eigenvalue weighted by atomic mass is 35.5. The Morgan fingerprint density at radius 2 is 2.06 bits per heavy atom. The van der Waals surface area contributed by atoms with Crippen molar-refractivity contribution in [2.75, 3.05) is 26.5 Å². The first kappa shape index (κ1) is 14.3. The van der Waals surface area contributed by atoms with Gasteiger partial charge in [0.05, 0.1) is 5.88 Å². The van der Waals surface area contributed by atoms with Crippen LogP contribution in [0.2, 0.25) is 0 Å². The lowest BCUT2D eigenvalue weighted by molar-refractivity contribution is 0.102. The highest BCUT2D eigenvalue weighted by Gasteiger charge is 2.18. The van der Waals surface area contributed by atoms with Crippen LogP contribution in [0.15, 0.2) is 6.07 Å². The van der Waals surface area contributed by atoms with Crippen LogP contribution in [-0.2, 0) is 0 Å². The summed E-state index contributed by atoms with van der Waals surface area (Å²) in [6.07, 6.45) is 0. The number of carbonyl (C=O) groups excluding carboxylic acids is 1. The molecule has 0 saturated heterocycles. The number of carbonyl (C=O) groups is 1. The van der Waals surface area contributed by atoms with E-state index in [1.54, 1.807) is 0 Å². The van der Waals surface area contributed by atoms with Gasteiger partial charge in [-0.15, -0.1) is 11.6 Å². The maximum absolute atomic E-state index is 11.7. The molecule has 1 atom stereocenters. The van der Waals surface area contributed by atoms with E-state index in [1.807, 2.05) is 19.9 Å². The number of aryl methyl sites for hydroxylation is 1. The second kappa shape index (κ2) is 5.69. The quantitative estimate of drug-likeness (QED) is 0.598. The molecule has 0 radical (unpaired) electrons. The first-order chi connectivity index (χ1) is 7.88. The molecule has 1 heterocycles. The molecule has 3 nitrogen and oxygen atoms in total. The predicted octanol–water partition coefficient (Wildman–Crippen LogP) is 2.65. The zero-order chi connectivity index (χ0) is 13.2. The number of halogens is 1. The van der Waals surface area contributed by atoms with E-state index in [9.17, 15) is 4.79 Å². The fourth-order valence-corrected chi connectivity index (χ4v) is 2.56. The molecule has 1 aromatic rings. The maximum atomic E-state index is 11.7. The lowest BCUT2D eigenvalue weighted by atomic mass is 10.2. The third-order valence-electron chi connectivity index (χ3n) is 2.98. The van der Waals surface area contributed by atoms with Gasteiger partial charge in [-0.25, -0.2) is 0 Å². The Bertz CT molecular complexity index is 410. The number of alkyl halides is 1. The SMILES string of the molecule is Cc1cc(C(=O)CCl)c(C)n1C(C)CN(C)C. The highest BCUT2D eigenvalue weighted by Crippen LogP contribution is 2.21. The van der Waals surface area contributed by atoms with E-state index >= 15 is 0 Å². The van der Waals surface area contributed by atoms with Gasteiger partial charge in [0.1, 0.15) is 0 Å². The maximum Gasteiger partial charge on any atom is 0.179 e. The lowest BCUT2D eigenvalue weighted by Crippen LogP contribution is -2.23. The Morgan fingerprint density at radius 3 is 2.53 bits per heavy atom. The molecular weight excluding hydrogens is 236 g/mol. The van der Waals surface area contributed by atoms with Crippen LogP contribution in [0.3, 0.4) is 0 Å². The lowest BCUT2D eigenvalue weighted by Gasteiger charge is -2.22. The van der Waals surface area contributed by atoms with Crippen molar-refractivity contribution in [1.82, 2.24) is 9.47 Å². The Morgan fingerprint density at radius 1 is 1.47 bits per heavy atom. The molecule has 1 unspecified atom stereocenters. The molecular formula is C13H21ClN2O. The Balaban J connectivity index is 3.09. The monoisotopic (exact) mass is 256 g/mol. The van der Waals surface area contributed by atoms with Crippen LogP contribution in [0, 0.1) is 13.8 Å². The zero-order valence-electron chi connectivity index (χ0n) is 11.2. The average molecular weight is 257 g/mol. The molecule has 1 rings (SSSR count). The van der Waals surface area contributed by atoms with Crippen LogP contribution in [-0.4, -0.2) is 41.8 Å². The van der Waals surface area contributed by atoms with Crippen LogP contribution in [0.25, 0.3) is 0 Å². The zero-order valence-corrected chi connectivity index (χ0v) is 12.0. The molecule has 0 aliphatic heterocycles. The van der Waals surface area contributed by atoms with Gasteiger partial charge < -0.3 is 9.47 Å². The van der Waals surface area contributed by atoms with E-state index < -0.39 is 0 Å². The van der Waals surface area contributed by atoms with Crippen molar-refractivity contribution in [3.8, 4) is 0 Å². The van der Waals surface area contributed by atoms with Gasteiger partial charge in [0.15, 0.2) is 5.78 Å². The minimum absolute atomic E-state index is 0.00284. The number of nitrogens with zero attached hydrogens (tertiary/aromatic N) is 2. The molecule has 0 N–H and O–H groups in total.